The number of nitrogens with two attached hydrogens (primary N) is 2. The lowest BCUT2D eigenvalue weighted by Crippen LogP contribution is -2.33. The number of carbonyl (C=O) groups is 2. The fraction of sp³-hybridized carbons (Fsp3) is 0.500. The van der Waals surface area contributed by atoms with E-state index in [-0.39, 0.29) is 18.4 Å². The van der Waals surface area contributed by atoms with Crippen LogP contribution >= 0.6 is 0 Å². The largest absolute Gasteiger partial charge is 0.370 e. The van der Waals surface area contributed by atoms with E-state index in [2.05, 4.69) is 0 Å². The van der Waals surface area contributed by atoms with Crippen molar-refractivity contribution < 1.29 is 9.59 Å². The van der Waals surface area contributed by atoms with Crippen molar-refractivity contribution in [3.63, 3.8) is 0 Å². The van der Waals surface area contributed by atoms with Crippen LogP contribution in [-0.4, -0.2) is 29.3 Å². The Bertz CT molecular complexity index is 446. The van der Waals surface area contributed by atoms with Crippen LogP contribution in [0, 0.1) is 0 Å². The lowest BCUT2D eigenvalue weighted by atomic mass is 10.1. The van der Waals surface area contributed by atoms with Crippen molar-refractivity contribution in [3.8, 4) is 0 Å². The van der Waals surface area contributed by atoms with Gasteiger partial charge in [-0.05, 0) is 25.3 Å². The molecule has 5 heteroatoms. The molecule has 116 valence electrons. The molecule has 1 aromatic carbocycles. The van der Waals surface area contributed by atoms with Crippen LogP contribution in [0.3, 0.4) is 0 Å². The molecule has 5 nitrogen and oxygen atoms in total. The first-order valence-corrected chi connectivity index (χ1v) is 7.34. The van der Waals surface area contributed by atoms with Gasteiger partial charge in [-0.15, -0.1) is 0 Å². The summed E-state index contributed by atoms with van der Waals surface area (Å²) >= 11 is 0. The van der Waals surface area contributed by atoms with Crippen LogP contribution in [0.25, 0.3) is 0 Å². The highest BCUT2D eigenvalue weighted by molar-refractivity contribution is 5.78. The Labute approximate surface area is 126 Å². The van der Waals surface area contributed by atoms with E-state index >= 15 is 0 Å². The third-order valence-electron chi connectivity index (χ3n) is 3.25. The summed E-state index contributed by atoms with van der Waals surface area (Å²) in [6.45, 7) is 2.80. The molecule has 21 heavy (non-hydrogen) atoms. The van der Waals surface area contributed by atoms with Gasteiger partial charge in [0.15, 0.2) is 0 Å². The van der Waals surface area contributed by atoms with Gasteiger partial charge in [0, 0.05) is 32.0 Å². The third-order valence-corrected chi connectivity index (χ3v) is 3.25. The fourth-order valence-corrected chi connectivity index (χ4v) is 2.07. The number of benzene rings is 1. The van der Waals surface area contributed by atoms with Gasteiger partial charge < -0.3 is 16.4 Å². The van der Waals surface area contributed by atoms with Crippen molar-refractivity contribution in [1.82, 2.24) is 4.90 Å². The fourth-order valence-electron chi connectivity index (χ4n) is 2.07. The number of hydrogen-bond donors (Lipinski definition) is 2. The van der Waals surface area contributed by atoms with Crippen molar-refractivity contribution in [3.05, 3.63) is 35.9 Å². The number of hydrogen-bond acceptors (Lipinski definition) is 3. The molecular weight excluding hydrogens is 266 g/mol. The van der Waals surface area contributed by atoms with E-state index in [0.29, 0.717) is 19.5 Å². The molecule has 0 radical (unpaired) electrons. The van der Waals surface area contributed by atoms with Crippen LogP contribution < -0.4 is 11.5 Å². The minimum absolute atomic E-state index is 0.0424. The van der Waals surface area contributed by atoms with Crippen molar-refractivity contribution in [2.45, 2.75) is 45.2 Å². The van der Waals surface area contributed by atoms with Crippen molar-refractivity contribution in [2.75, 3.05) is 6.54 Å². The topological polar surface area (TPSA) is 89.4 Å². The first-order chi connectivity index (χ1) is 9.99. The summed E-state index contributed by atoms with van der Waals surface area (Å²) in [4.78, 5) is 24.9. The van der Waals surface area contributed by atoms with Crippen LogP contribution in [0.4, 0.5) is 0 Å². The quantitative estimate of drug-likeness (QED) is 0.721. The average Bonchev–Trinajstić information content (AvgIpc) is 2.43. The lowest BCUT2D eigenvalue weighted by molar-refractivity contribution is -0.132. The Kier molecular flexibility index (Phi) is 7.46. The number of primary amides is 1. The SMILES string of the molecule is CC(N)CCCC(=O)N(CCC(N)=O)Cc1ccccc1. The highest BCUT2D eigenvalue weighted by Crippen LogP contribution is 2.09. The molecule has 0 aliphatic rings. The lowest BCUT2D eigenvalue weighted by Gasteiger charge is -2.22. The van der Waals surface area contributed by atoms with E-state index in [1.165, 1.54) is 0 Å². The minimum Gasteiger partial charge on any atom is -0.370 e. The summed E-state index contributed by atoms with van der Waals surface area (Å²) in [5.41, 5.74) is 11.9. The Hall–Kier alpha value is -1.88. The standard InChI is InChI=1S/C16H25N3O2/c1-13(17)6-5-9-16(21)19(11-10-15(18)20)12-14-7-3-2-4-8-14/h2-4,7-8,13H,5-6,9-12,17H2,1H3,(H2,18,20). The number of carbonyl (C=O) groups excluding carboxylic acids is 2. The zero-order valence-corrected chi connectivity index (χ0v) is 12.6. The van der Waals surface area contributed by atoms with Gasteiger partial charge in [0.05, 0.1) is 0 Å². The van der Waals surface area contributed by atoms with Gasteiger partial charge in [-0.3, -0.25) is 9.59 Å². The third kappa shape index (κ3) is 7.46. The molecular formula is C16H25N3O2. The molecule has 0 aromatic heterocycles. The van der Waals surface area contributed by atoms with E-state index in [1.807, 2.05) is 37.3 Å². The Morgan fingerprint density at radius 2 is 1.86 bits per heavy atom. The second-order valence-electron chi connectivity index (χ2n) is 5.39. The highest BCUT2D eigenvalue weighted by atomic mass is 16.2. The molecule has 0 aliphatic heterocycles. The molecule has 1 atom stereocenters. The molecule has 0 heterocycles. The van der Waals surface area contributed by atoms with Crippen molar-refractivity contribution in [2.24, 2.45) is 11.5 Å². The van der Waals surface area contributed by atoms with Crippen LogP contribution in [-0.2, 0) is 16.1 Å². The number of amides is 2. The smallest absolute Gasteiger partial charge is 0.222 e. The summed E-state index contributed by atoms with van der Waals surface area (Å²) < 4.78 is 0. The van der Waals surface area contributed by atoms with Crippen LogP contribution in [0.5, 0.6) is 0 Å². The Balaban J connectivity index is 2.58. The second-order valence-corrected chi connectivity index (χ2v) is 5.39. The zero-order chi connectivity index (χ0) is 15.7. The summed E-state index contributed by atoms with van der Waals surface area (Å²) in [5.74, 6) is -0.350. The van der Waals surface area contributed by atoms with Crippen molar-refractivity contribution >= 4 is 11.8 Å². The van der Waals surface area contributed by atoms with Crippen molar-refractivity contribution in [1.29, 1.82) is 0 Å². The van der Waals surface area contributed by atoms with Gasteiger partial charge in [0.1, 0.15) is 0 Å². The summed E-state index contributed by atoms with van der Waals surface area (Å²) in [7, 11) is 0. The minimum atomic E-state index is -0.392. The molecule has 0 saturated heterocycles. The molecule has 0 aliphatic carbocycles. The molecule has 0 saturated carbocycles. The van der Waals surface area contributed by atoms with E-state index in [4.69, 9.17) is 11.5 Å². The van der Waals surface area contributed by atoms with Gasteiger partial charge in [0.2, 0.25) is 11.8 Å². The average molecular weight is 291 g/mol. The number of nitrogens with zero attached hydrogens (tertiary/aromatic N) is 1. The zero-order valence-electron chi connectivity index (χ0n) is 12.6. The van der Waals surface area contributed by atoms with Crippen LogP contribution in [0.1, 0.15) is 38.2 Å². The monoisotopic (exact) mass is 291 g/mol. The summed E-state index contributed by atoms with van der Waals surface area (Å²) in [6, 6.07) is 9.83. The first kappa shape index (κ1) is 17.2. The van der Waals surface area contributed by atoms with E-state index in [9.17, 15) is 9.59 Å². The Morgan fingerprint density at radius 1 is 1.19 bits per heavy atom. The van der Waals surface area contributed by atoms with Crippen LogP contribution in [0.2, 0.25) is 0 Å². The van der Waals surface area contributed by atoms with Gasteiger partial charge >= 0.3 is 0 Å². The van der Waals surface area contributed by atoms with Gasteiger partial charge in [-0.2, -0.15) is 0 Å². The molecule has 0 spiro atoms. The molecule has 4 N–H and O–H groups in total. The predicted molar refractivity (Wildman–Crippen MR) is 83.2 cm³/mol. The highest BCUT2D eigenvalue weighted by Gasteiger charge is 2.14. The molecule has 0 bridgehead atoms. The molecule has 2 amide bonds. The Morgan fingerprint density at radius 3 is 2.43 bits per heavy atom. The normalized spacial score (nSPS) is 11.9. The molecule has 1 aromatic rings. The summed E-state index contributed by atoms with van der Waals surface area (Å²) in [6.07, 6.45) is 2.22. The molecule has 1 unspecified atom stereocenters. The second kappa shape index (κ2) is 9.13. The molecule has 0 fully saturated rings. The van der Waals surface area contributed by atoms with Gasteiger partial charge in [0.25, 0.3) is 0 Å². The maximum absolute atomic E-state index is 12.3. The predicted octanol–water partition coefficient (Wildman–Crippen LogP) is 1.41. The number of rotatable bonds is 9. The van der Waals surface area contributed by atoms with Gasteiger partial charge in [-0.25, -0.2) is 0 Å². The maximum Gasteiger partial charge on any atom is 0.222 e. The van der Waals surface area contributed by atoms with E-state index < -0.39 is 5.91 Å². The van der Waals surface area contributed by atoms with E-state index in [0.717, 1.165) is 18.4 Å². The summed E-state index contributed by atoms with van der Waals surface area (Å²) in [5, 5.41) is 0. The van der Waals surface area contributed by atoms with Crippen LogP contribution in [0.15, 0.2) is 30.3 Å². The molecule has 1 rings (SSSR count). The van der Waals surface area contributed by atoms with E-state index in [1.54, 1.807) is 4.90 Å². The maximum atomic E-state index is 12.3. The van der Waals surface area contributed by atoms with Gasteiger partial charge in [-0.1, -0.05) is 30.3 Å². The first-order valence-electron chi connectivity index (χ1n) is 7.34.